The van der Waals surface area contributed by atoms with Gasteiger partial charge in [-0.2, -0.15) is 0 Å². The van der Waals surface area contributed by atoms with Gasteiger partial charge in [-0.1, -0.05) is 5.92 Å². The van der Waals surface area contributed by atoms with Gasteiger partial charge in [-0.15, -0.1) is 12.2 Å². The van der Waals surface area contributed by atoms with Gasteiger partial charge < -0.3 is 14.9 Å². The lowest BCUT2D eigenvalue weighted by atomic mass is 9.92. The van der Waals surface area contributed by atoms with Crippen LogP contribution in [0.4, 0.5) is 0 Å². The Morgan fingerprint density at radius 3 is 2.84 bits per heavy atom. The molecule has 4 atom stereocenters. The number of aromatic nitrogens is 2. The van der Waals surface area contributed by atoms with Gasteiger partial charge >= 0.3 is 5.69 Å². The lowest BCUT2D eigenvalue weighted by Gasteiger charge is -2.24. The first kappa shape index (κ1) is 13.5. The van der Waals surface area contributed by atoms with Gasteiger partial charge in [0.1, 0.15) is 12.2 Å². The average Bonchev–Trinajstić information content (AvgIpc) is 2.63. The molecule has 0 unspecified atom stereocenters. The standard InChI is InChI=1S/C11H11N3O5/c1-2-11(12)8(17)6(5-15)19-9(11)14-4-3-7(16)13-10(14)18/h1,3-4,6,8-9,15,17H,5H2,(H,13,16,18)/t6-,8-,9-,11-/m1/s1. The van der Waals surface area contributed by atoms with Crippen molar-refractivity contribution in [1.82, 2.24) is 15.3 Å². The molecule has 1 fully saturated rings. The molecule has 2 heterocycles. The predicted octanol–water partition coefficient (Wildman–Crippen LogP) is -2.77. The van der Waals surface area contributed by atoms with Gasteiger partial charge in [0.05, 0.1) is 6.61 Å². The fraction of sp³-hybridized carbons (Fsp3) is 0.455. The number of aliphatic hydroxyl groups excluding tert-OH is 2. The molecule has 0 spiro atoms. The zero-order valence-corrected chi connectivity index (χ0v) is 9.68. The lowest BCUT2D eigenvalue weighted by Crippen LogP contribution is -2.49. The third-order valence-corrected chi connectivity index (χ3v) is 3.00. The molecule has 1 aliphatic rings. The SMILES string of the molecule is C#C[C@@]1([N])[C@H](O)[C@@H](CO)O[C@H]1n1ccc(=O)[nH]c1=O. The molecule has 0 bridgehead atoms. The first-order valence-electron chi connectivity index (χ1n) is 5.40. The maximum absolute atomic E-state index is 11.6. The van der Waals surface area contributed by atoms with Crippen LogP contribution in [0.25, 0.3) is 0 Å². The van der Waals surface area contributed by atoms with E-state index in [1.54, 1.807) is 0 Å². The minimum atomic E-state index is -2.19. The summed E-state index contributed by atoms with van der Waals surface area (Å²) in [5.41, 5.74) is 6.55. The van der Waals surface area contributed by atoms with Crippen molar-refractivity contribution in [3.05, 3.63) is 33.1 Å². The predicted molar refractivity (Wildman–Crippen MR) is 62.0 cm³/mol. The minimum Gasteiger partial charge on any atom is -0.394 e. The van der Waals surface area contributed by atoms with Crippen molar-refractivity contribution >= 4 is 0 Å². The van der Waals surface area contributed by atoms with Crippen molar-refractivity contribution in [3.63, 3.8) is 0 Å². The van der Waals surface area contributed by atoms with E-state index in [-0.39, 0.29) is 0 Å². The van der Waals surface area contributed by atoms with Crippen LogP contribution in [0.3, 0.4) is 0 Å². The van der Waals surface area contributed by atoms with Crippen LogP contribution in [-0.2, 0) is 4.74 Å². The van der Waals surface area contributed by atoms with Crippen LogP contribution >= 0.6 is 0 Å². The highest BCUT2D eigenvalue weighted by Gasteiger charge is 2.55. The van der Waals surface area contributed by atoms with Gasteiger partial charge in [0.25, 0.3) is 5.56 Å². The molecule has 1 aromatic rings. The average molecular weight is 265 g/mol. The number of H-pyrrole nitrogens is 1. The lowest BCUT2D eigenvalue weighted by molar-refractivity contribution is -0.0478. The number of aromatic amines is 1. The fourth-order valence-electron chi connectivity index (χ4n) is 1.96. The van der Waals surface area contributed by atoms with E-state index in [0.717, 1.165) is 16.8 Å². The van der Waals surface area contributed by atoms with Crippen LogP contribution in [0, 0.1) is 12.3 Å². The Bertz CT molecular complexity index is 630. The Hall–Kier alpha value is -1.92. The maximum Gasteiger partial charge on any atom is 0.330 e. The molecule has 19 heavy (non-hydrogen) atoms. The molecule has 8 heteroatoms. The molecule has 2 rings (SSSR count). The van der Waals surface area contributed by atoms with E-state index in [1.807, 2.05) is 10.9 Å². The van der Waals surface area contributed by atoms with Crippen LogP contribution in [0.15, 0.2) is 21.9 Å². The van der Waals surface area contributed by atoms with Crippen LogP contribution in [0.1, 0.15) is 6.23 Å². The smallest absolute Gasteiger partial charge is 0.330 e. The summed E-state index contributed by atoms with van der Waals surface area (Å²) >= 11 is 0. The molecule has 2 radical (unpaired) electrons. The highest BCUT2D eigenvalue weighted by atomic mass is 16.5. The third kappa shape index (κ3) is 1.98. The normalized spacial score (nSPS) is 34.1. The van der Waals surface area contributed by atoms with E-state index in [1.165, 1.54) is 0 Å². The number of aliphatic hydroxyl groups is 2. The summed E-state index contributed by atoms with van der Waals surface area (Å²) in [6.45, 7) is -0.584. The van der Waals surface area contributed by atoms with E-state index in [0.29, 0.717) is 0 Å². The summed E-state index contributed by atoms with van der Waals surface area (Å²) in [6, 6.07) is 1.04. The second-order valence-corrected chi connectivity index (χ2v) is 4.14. The fourth-order valence-corrected chi connectivity index (χ4v) is 1.96. The summed E-state index contributed by atoms with van der Waals surface area (Å²) < 4.78 is 6.03. The van der Waals surface area contributed by atoms with Crippen molar-refractivity contribution in [1.29, 1.82) is 0 Å². The van der Waals surface area contributed by atoms with Gasteiger partial charge in [0.2, 0.25) is 0 Å². The molecule has 1 aromatic heterocycles. The molecular weight excluding hydrogens is 254 g/mol. The van der Waals surface area contributed by atoms with Gasteiger partial charge in [0, 0.05) is 12.3 Å². The zero-order valence-electron chi connectivity index (χ0n) is 9.68. The molecule has 3 N–H and O–H groups in total. The molecule has 0 amide bonds. The van der Waals surface area contributed by atoms with E-state index in [2.05, 4.69) is 0 Å². The number of nitrogens with one attached hydrogen (secondary N) is 1. The Kier molecular flexibility index (Phi) is 3.30. The minimum absolute atomic E-state index is 0.584. The molecule has 0 aliphatic carbocycles. The van der Waals surface area contributed by atoms with E-state index in [4.69, 9.17) is 16.3 Å². The summed E-state index contributed by atoms with van der Waals surface area (Å²) in [5.74, 6) is 1.96. The quantitative estimate of drug-likeness (QED) is 0.499. The highest BCUT2D eigenvalue weighted by Crippen LogP contribution is 2.36. The molecule has 0 saturated carbocycles. The number of hydrogen-bond acceptors (Lipinski definition) is 5. The molecule has 8 nitrogen and oxygen atoms in total. The number of nitrogens with zero attached hydrogens (tertiary/aromatic N) is 2. The number of hydrogen-bond donors (Lipinski definition) is 3. The first-order valence-corrected chi connectivity index (χ1v) is 5.40. The summed E-state index contributed by atoms with van der Waals surface area (Å²) in [4.78, 5) is 24.6. The van der Waals surface area contributed by atoms with Crippen molar-refractivity contribution in [3.8, 4) is 12.3 Å². The summed E-state index contributed by atoms with van der Waals surface area (Å²) in [6.07, 6.45) is 2.15. The Morgan fingerprint density at radius 1 is 1.63 bits per heavy atom. The third-order valence-electron chi connectivity index (χ3n) is 3.00. The van der Waals surface area contributed by atoms with Crippen LogP contribution < -0.4 is 17.0 Å². The van der Waals surface area contributed by atoms with Crippen molar-refractivity contribution in [2.45, 2.75) is 24.0 Å². The van der Waals surface area contributed by atoms with Crippen LogP contribution in [-0.4, -0.2) is 44.1 Å². The second-order valence-electron chi connectivity index (χ2n) is 4.14. The monoisotopic (exact) mass is 265 g/mol. The second kappa shape index (κ2) is 4.64. The number of rotatable bonds is 2. The number of ether oxygens (including phenoxy) is 1. The maximum atomic E-state index is 11.6. The van der Waals surface area contributed by atoms with Gasteiger partial charge in [-0.05, 0) is 0 Å². The largest absolute Gasteiger partial charge is 0.394 e. The van der Waals surface area contributed by atoms with Crippen LogP contribution in [0.5, 0.6) is 0 Å². The topological polar surface area (TPSA) is 127 Å². The molecule has 100 valence electrons. The van der Waals surface area contributed by atoms with E-state index >= 15 is 0 Å². The molecule has 0 aromatic carbocycles. The Morgan fingerprint density at radius 2 is 2.32 bits per heavy atom. The van der Waals surface area contributed by atoms with Gasteiger partial charge in [0.15, 0.2) is 11.8 Å². The summed E-state index contributed by atoms with van der Waals surface area (Å²) in [7, 11) is 0. The Labute approximate surface area is 107 Å². The Balaban J connectivity index is 2.52. The summed E-state index contributed by atoms with van der Waals surface area (Å²) in [5, 5.41) is 18.9. The highest BCUT2D eigenvalue weighted by molar-refractivity contribution is 5.22. The van der Waals surface area contributed by atoms with Crippen molar-refractivity contribution < 1.29 is 14.9 Å². The van der Waals surface area contributed by atoms with Crippen LogP contribution in [0.2, 0.25) is 0 Å². The first-order chi connectivity index (χ1) is 8.93. The van der Waals surface area contributed by atoms with Crippen molar-refractivity contribution in [2.24, 2.45) is 0 Å². The van der Waals surface area contributed by atoms with Crippen molar-refractivity contribution in [2.75, 3.05) is 6.61 Å². The zero-order chi connectivity index (χ0) is 14.2. The number of terminal acetylenes is 1. The van der Waals surface area contributed by atoms with E-state index in [9.17, 15) is 20.4 Å². The van der Waals surface area contributed by atoms with Gasteiger partial charge in [-0.3, -0.25) is 14.3 Å². The van der Waals surface area contributed by atoms with Gasteiger partial charge in [-0.25, -0.2) is 4.79 Å². The molecule has 1 aliphatic heterocycles. The molecular formula is C11H11N3O5. The molecule has 1 saturated heterocycles. The van der Waals surface area contributed by atoms with E-state index < -0.39 is 41.8 Å².